The van der Waals surface area contributed by atoms with E-state index in [0.717, 1.165) is 19.3 Å². The lowest BCUT2D eigenvalue weighted by atomic mass is 10.2. The fraction of sp³-hybridized carbons (Fsp3) is 0.538. The molecule has 0 atom stereocenters. The molecule has 0 aliphatic heterocycles. The number of pyridine rings is 1. The summed E-state index contributed by atoms with van der Waals surface area (Å²) in [5.41, 5.74) is 0.514. The van der Waals surface area contributed by atoms with Crippen LogP contribution in [0.1, 0.15) is 36.5 Å². The molecule has 0 radical (unpaired) electrons. The Morgan fingerprint density at radius 3 is 2.83 bits per heavy atom. The molecule has 1 amide bonds. The Bertz CT molecular complexity index is 385. The predicted octanol–water partition coefficient (Wildman–Crippen LogP) is 2.36. The van der Waals surface area contributed by atoms with Gasteiger partial charge in [0.1, 0.15) is 5.15 Å². The average molecular weight is 271 g/mol. The van der Waals surface area contributed by atoms with E-state index in [1.54, 1.807) is 17.0 Å². The van der Waals surface area contributed by atoms with Crippen LogP contribution in [0.15, 0.2) is 18.3 Å². The molecular weight excluding hydrogens is 252 g/mol. The Labute approximate surface area is 113 Å². The van der Waals surface area contributed by atoms with Gasteiger partial charge in [-0.25, -0.2) is 4.98 Å². The van der Waals surface area contributed by atoms with E-state index in [1.807, 2.05) is 0 Å². The highest BCUT2D eigenvalue weighted by Crippen LogP contribution is 2.11. The molecular formula is C13H19ClN2O2. The Morgan fingerprint density at radius 1 is 1.44 bits per heavy atom. The van der Waals surface area contributed by atoms with Crippen LogP contribution in [0, 0.1) is 0 Å². The summed E-state index contributed by atoms with van der Waals surface area (Å²) in [7, 11) is 0. The summed E-state index contributed by atoms with van der Waals surface area (Å²) in [6.07, 6.45) is 4.63. The van der Waals surface area contributed by atoms with E-state index >= 15 is 0 Å². The van der Waals surface area contributed by atoms with Crippen molar-refractivity contribution in [2.45, 2.75) is 26.2 Å². The van der Waals surface area contributed by atoms with Crippen LogP contribution in [0.3, 0.4) is 0 Å². The lowest BCUT2D eigenvalue weighted by molar-refractivity contribution is 0.0718. The van der Waals surface area contributed by atoms with Gasteiger partial charge in [-0.3, -0.25) is 4.79 Å². The van der Waals surface area contributed by atoms with Crippen LogP contribution in [0.25, 0.3) is 0 Å². The topological polar surface area (TPSA) is 53.4 Å². The molecule has 1 heterocycles. The van der Waals surface area contributed by atoms with Gasteiger partial charge in [0.25, 0.3) is 5.91 Å². The van der Waals surface area contributed by atoms with Crippen LogP contribution in [0.4, 0.5) is 0 Å². The number of carbonyl (C=O) groups is 1. The first-order valence-electron chi connectivity index (χ1n) is 6.20. The van der Waals surface area contributed by atoms with Crippen LogP contribution >= 0.6 is 11.6 Å². The summed E-state index contributed by atoms with van der Waals surface area (Å²) in [5, 5.41) is 9.32. The number of hydrogen-bond donors (Lipinski definition) is 1. The van der Waals surface area contributed by atoms with Crippen LogP contribution in [-0.4, -0.2) is 40.6 Å². The van der Waals surface area contributed by atoms with Gasteiger partial charge in [-0.15, -0.1) is 0 Å². The summed E-state index contributed by atoms with van der Waals surface area (Å²) in [5.74, 6) is -0.107. The Balaban J connectivity index is 2.69. The summed E-state index contributed by atoms with van der Waals surface area (Å²) in [4.78, 5) is 17.7. The van der Waals surface area contributed by atoms with Gasteiger partial charge >= 0.3 is 0 Å². The lowest BCUT2D eigenvalue weighted by Crippen LogP contribution is -2.34. The Morgan fingerprint density at radius 2 is 2.22 bits per heavy atom. The number of aromatic nitrogens is 1. The smallest absolute Gasteiger partial charge is 0.254 e. The molecule has 5 heteroatoms. The van der Waals surface area contributed by atoms with Crippen molar-refractivity contribution in [3.05, 3.63) is 29.0 Å². The minimum atomic E-state index is -0.107. The number of aliphatic hydroxyl groups is 1. The fourth-order valence-corrected chi connectivity index (χ4v) is 1.88. The third-order valence-corrected chi connectivity index (χ3v) is 2.87. The molecule has 0 saturated carbocycles. The quantitative estimate of drug-likeness (QED) is 0.611. The van der Waals surface area contributed by atoms with Gasteiger partial charge in [0.15, 0.2) is 0 Å². The molecule has 0 saturated heterocycles. The van der Waals surface area contributed by atoms with Crippen LogP contribution in [0.5, 0.6) is 0 Å². The second kappa shape index (κ2) is 8.06. The molecule has 0 bridgehead atoms. The molecule has 0 aromatic carbocycles. The maximum atomic E-state index is 12.2. The molecule has 1 aromatic rings. The van der Waals surface area contributed by atoms with Gasteiger partial charge in [0, 0.05) is 24.8 Å². The van der Waals surface area contributed by atoms with Crippen molar-refractivity contribution in [3.8, 4) is 0 Å². The number of amides is 1. The zero-order chi connectivity index (χ0) is 13.4. The van der Waals surface area contributed by atoms with Gasteiger partial charge in [-0.1, -0.05) is 31.4 Å². The standard InChI is InChI=1S/C13H19ClN2O2/c1-2-3-4-7-16(8-9-17)13(18)11-5-6-15-12(14)10-11/h5-6,10,17H,2-4,7-9H2,1H3. The number of unbranched alkanes of at least 4 members (excludes halogenated alkanes) is 2. The van der Waals surface area contributed by atoms with Crippen molar-refractivity contribution in [1.82, 2.24) is 9.88 Å². The first-order chi connectivity index (χ1) is 8.69. The average Bonchev–Trinajstić information content (AvgIpc) is 2.37. The van der Waals surface area contributed by atoms with Gasteiger partial charge in [-0.2, -0.15) is 0 Å². The molecule has 18 heavy (non-hydrogen) atoms. The second-order valence-corrected chi connectivity index (χ2v) is 4.48. The summed E-state index contributed by atoms with van der Waals surface area (Å²) < 4.78 is 0. The third-order valence-electron chi connectivity index (χ3n) is 2.66. The number of carbonyl (C=O) groups excluding carboxylic acids is 1. The molecule has 4 nitrogen and oxygen atoms in total. The molecule has 0 fully saturated rings. The number of hydrogen-bond acceptors (Lipinski definition) is 3. The van der Waals surface area contributed by atoms with Crippen LogP contribution < -0.4 is 0 Å². The fourth-order valence-electron chi connectivity index (χ4n) is 1.71. The third kappa shape index (κ3) is 4.63. The van der Waals surface area contributed by atoms with E-state index in [2.05, 4.69) is 11.9 Å². The zero-order valence-corrected chi connectivity index (χ0v) is 11.4. The van der Waals surface area contributed by atoms with E-state index < -0.39 is 0 Å². The van der Waals surface area contributed by atoms with E-state index in [1.165, 1.54) is 6.20 Å². The molecule has 1 N–H and O–H groups in total. The Hall–Kier alpha value is -1.13. The van der Waals surface area contributed by atoms with Gasteiger partial charge < -0.3 is 10.0 Å². The number of aliphatic hydroxyl groups excluding tert-OH is 1. The van der Waals surface area contributed by atoms with Crippen LogP contribution in [0.2, 0.25) is 5.15 Å². The molecule has 0 spiro atoms. The van der Waals surface area contributed by atoms with Crippen molar-refractivity contribution in [2.24, 2.45) is 0 Å². The summed E-state index contributed by atoms with van der Waals surface area (Å²) in [6.45, 7) is 3.09. The molecule has 1 rings (SSSR count). The maximum Gasteiger partial charge on any atom is 0.254 e. The largest absolute Gasteiger partial charge is 0.395 e. The van der Waals surface area contributed by atoms with Crippen molar-refractivity contribution < 1.29 is 9.90 Å². The van der Waals surface area contributed by atoms with Gasteiger partial charge in [0.05, 0.1) is 6.61 Å². The highest BCUT2D eigenvalue weighted by atomic mass is 35.5. The number of rotatable bonds is 7. The normalized spacial score (nSPS) is 10.4. The molecule has 100 valence electrons. The summed E-state index contributed by atoms with van der Waals surface area (Å²) >= 11 is 5.77. The van der Waals surface area contributed by atoms with Crippen molar-refractivity contribution in [3.63, 3.8) is 0 Å². The maximum absolute atomic E-state index is 12.2. The van der Waals surface area contributed by atoms with E-state index in [4.69, 9.17) is 16.7 Å². The van der Waals surface area contributed by atoms with Crippen LogP contribution in [-0.2, 0) is 0 Å². The zero-order valence-electron chi connectivity index (χ0n) is 10.6. The minimum Gasteiger partial charge on any atom is -0.395 e. The summed E-state index contributed by atoms with van der Waals surface area (Å²) in [6, 6.07) is 3.19. The van der Waals surface area contributed by atoms with E-state index in [0.29, 0.717) is 23.8 Å². The van der Waals surface area contributed by atoms with Crippen molar-refractivity contribution in [1.29, 1.82) is 0 Å². The molecule has 0 aliphatic carbocycles. The second-order valence-electron chi connectivity index (χ2n) is 4.09. The van der Waals surface area contributed by atoms with E-state index in [-0.39, 0.29) is 12.5 Å². The Kier molecular flexibility index (Phi) is 6.68. The monoisotopic (exact) mass is 270 g/mol. The number of halogens is 1. The minimum absolute atomic E-state index is 0.0311. The highest BCUT2D eigenvalue weighted by Gasteiger charge is 2.15. The first kappa shape index (κ1) is 14.9. The molecule has 1 aromatic heterocycles. The van der Waals surface area contributed by atoms with Crippen molar-refractivity contribution >= 4 is 17.5 Å². The molecule has 0 unspecified atom stereocenters. The predicted molar refractivity (Wildman–Crippen MR) is 71.8 cm³/mol. The highest BCUT2D eigenvalue weighted by molar-refractivity contribution is 6.29. The van der Waals surface area contributed by atoms with Gasteiger partial charge in [0.2, 0.25) is 0 Å². The molecule has 0 aliphatic rings. The first-order valence-corrected chi connectivity index (χ1v) is 6.58. The van der Waals surface area contributed by atoms with E-state index in [9.17, 15) is 4.79 Å². The number of nitrogens with zero attached hydrogens (tertiary/aromatic N) is 2. The SMILES string of the molecule is CCCCCN(CCO)C(=O)c1ccnc(Cl)c1. The lowest BCUT2D eigenvalue weighted by Gasteiger charge is -2.21. The van der Waals surface area contributed by atoms with Crippen molar-refractivity contribution in [2.75, 3.05) is 19.7 Å². The van der Waals surface area contributed by atoms with Gasteiger partial charge in [-0.05, 0) is 18.6 Å².